The molecule has 0 atom stereocenters. The standard InChI is InChI=1S/C9H19N3O.ClH/c1-9(2)7-11-5-6-12(9)8(13)3-4-10;/h11H,3-7,10H2,1-2H3;1H. The summed E-state index contributed by atoms with van der Waals surface area (Å²) in [6, 6.07) is 0. The Labute approximate surface area is 91.6 Å². The number of nitrogens with two attached hydrogens (primary N) is 1. The number of piperazine rings is 1. The van der Waals surface area contributed by atoms with Gasteiger partial charge in [0.2, 0.25) is 5.91 Å². The second-order valence-corrected chi connectivity index (χ2v) is 4.07. The predicted molar refractivity (Wildman–Crippen MR) is 59.6 cm³/mol. The molecule has 0 bridgehead atoms. The van der Waals surface area contributed by atoms with Crippen molar-refractivity contribution in [3.63, 3.8) is 0 Å². The first-order valence-electron chi connectivity index (χ1n) is 4.79. The number of amides is 1. The molecule has 14 heavy (non-hydrogen) atoms. The van der Waals surface area contributed by atoms with E-state index in [2.05, 4.69) is 19.2 Å². The van der Waals surface area contributed by atoms with Crippen LogP contribution >= 0.6 is 12.4 Å². The monoisotopic (exact) mass is 221 g/mol. The lowest BCUT2D eigenvalue weighted by atomic mass is 10.00. The zero-order valence-electron chi connectivity index (χ0n) is 8.88. The normalized spacial score (nSPS) is 20.1. The van der Waals surface area contributed by atoms with Crippen LogP contribution in [-0.2, 0) is 4.79 Å². The van der Waals surface area contributed by atoms with Crippen LogP contribution in [0.3, 0.4) is 0 Å². The fraction of sp³-hybridized carbons (Fsp3) is 0.889. The molecule has 1 saturated heterocycles. The minimum atomic E-state index is -0.0650. The van der Waals surface area contributed by atoms with Gasteiger partial charge >= 0.3 is 0 Å². The van der Waals surface area contributed by atoms with Crippen LogP contribution in [0.25, 0.3) is 0 Å². The average Bonchev–Trinajstić information content (AvgIpc) is 2.03. The molecule has 1 fully saturated rings. The minimum Gasteiger partial charge on any atom is -0.335 e. The molecule has 0 radical (unpaired) electrons. The summed E-state index contributed by atoms with van der Waals surface area (Å²) in [6.07, 6.45) is 0.462. The molecule has 0 aromatic heterocycles. The molecule has 1 aliphatic rings. The summed E-state index contributed by atoms with van der Waals surface area (Å²) in [4.78, 5) is 13.6. The average molecular weight is 222 g/mol. The van der Waals surface area contributed by atoms with E-state index in [0.29, 0.717) is 13.0 Å². The van der Waals surface area contributed by atoms with Crippen LogP contribution in [0.1, 0.15) is 20.3 Å². The first kappa shape index (κ1) is 13.7. The van der Waals surface area contributed by atoms with Crippen molar-refractivity contribution in [3.05, 3.63) is 0 Å². The molecule has 5 heteroatoms. The summed E-state index contributed by atoms with van der Waals surface area (Å²) in [6.45, 7) is 7.15. The van der Waals surface area contributed by atoms with Crippen LogP contribution in [0.4, 0.5) is 0 Å². The summed E-state index contributed by atoms with van der Waals surface area (Å²) in [5.74, 6) is 0.175. The van der Waals surface area contributed by atoms with Gasteiger partial charge in [0.25, 0.3) is 0 Å². The molecular weight excluding hydrogens is 202 g/mol. The summed E-state index contributed by atoms with van der Waals surface area (Å²) in [5, 5.41) is 3.28. The number of carbonyl (C=O) groups excluding carboxylic acids is 1. The lowest BCUT2D eigenvalue weighted by molar-refractivity contribution is -0.137. The zero-order chi connectivity index (χ0) is 9.90. The summed E-state index contributed by atoms with van der Waals surface area (Å²) in [7, 11) is 0. The Kier molecular flexibility index (Phi) is 5.41. The highest BCUT2D eigenvalue weighted by Crippen LogP contribution is 2.16. The Morgan fingerprint density at radius 2 is 2.21 bits per heavy atom. The van der Waals surface area contributed by atoms with Crippen molar-refractivity contribution >= 4 is 18.3 Å². The van der Waals surface area contributed by atoms with Gasteiger partial charge in [-0.05, 0) is 13.8 Å². The van der Waals surface area contributed by atoms with Gasteiger partial charge < -0.3 is 16.0 Å². The molecule has 0 saturated carbocycles. The van der Waals surface area contributed by atoms with Gasteiger partial charge in [0, 0.05) is 38.1 Å². The first-order chi connectivity index (χ1) is 6.08. The van der Waals surface area contributed by atoms with E-state index >= 15 is 0 Å². The molecule has 1 amide bonds. The molecule has 1 rings (SSSR count). The maximum absolute atomic E-state index is 11.6. The van der Waals surface area contributed by atoms with Crippen molar-refractivity contribution in [1.29, 1.82) is 0 Å². The highest BCUT2D eigenvalue weighted by molar-refractivity contribution is 5.85. The number of rotatable bonds is 2. The van der Waals surface area contributed by atoms with E-state index in [1.165, 1.54) is 0 Å². The first-order valence-corrected chi connectivity index (χ1v) is 4.79. The second kappa shape index (κ2) is 5.53. The number of hydrogen-bond donors (Lipinski definition) is 2. The molecule has 0 spiro atoms. The zero-order valence-corrected chi connectivity index (χ0v) is 9.69. The summed E-state index contributed by atoms with van der Waals surface area (Å²) < 4.78 is 0. The number of carbonyl (C=O) groups is 1. The summed E-state index contributed by atoms with van der Waals surface area (Å²) in [5.41, 5.74) is 5.30. The second-order valence-electron chi connectivity index (χ2n) is 4.07. The Bertz CT molecular complexity index is 196. The molecule has 0 aromatic carbocycles. The van der Waals surface area contributed by atoms with Crippen molar-refractivity contribution in [2.45, 2.75) is 25.8 Å². The Morgan fingerprint density at radius 3 is 2.71 bits per heavy atom. The van der Waals surface area contributed by atoms with E-state index in [9.17, 15) is 4.79 Å². The van der Waals surface area contributed by atoms with Gasteiger partial charge in [0.05, 0.1) is 0 Å². The predicted octanol–water partition coefficient (Wildman–Crippen LogP) is -0.0326. The fourth-order valence-corrected chi connectivity index (χ4v) is 1.70. The smallest absolute Gasteiger partial charge is 0.224 e. The third-order valence-electron chi connectivity index (χ3n) is 2.46. The maximum atomic E-state index is 11.6. The molecule has 3 N–H and O–H groups in total. The Balaban J connectivity index is 0.00000169. The number of nitrogens with zero attached hydrogens (tertiary/aromatic N) is 1. The van der Waals surface area contributed by atoms with Crippen molar-refractivity contribution < 1.29 is 4.79 Å². The van der Waals surface area contributed by atoms with Crippen molar-refractivity contribution in [2.24, 2.45) is 5.73 Å². The largest absolute Gasteiger partial charge is 0.335 e. The van der Waals surface area contributed by atoms with Crippen LogP contribution in [0.2, 0.25) is 0 Å². The van der Waals surface area contributed by atoms with E-state index < -0.39 is 0 Å². The Morgan fingerprint density at radius 1 is 1.57 bits per heavy atom. The third-order valence-corrected chi connectivity index (χ3v) is 2.46. The topological polar surface area (TPSA) is 58.4 Å². The van der Waals surface area contributed by atoms with E-state index in [0.717, 1.165) is 19.6 Å². The quantitative estimate of drug-likeness (QED) is 0.689. The van der Waals surface area contributed by atoms with Crippen molar-refractivity contribution in [3.8, 4) is 0 Å². The molecule has 0 aliphatic carbocycles. The van der Waals surface area contributed by atoms with E-state index in [-0.39, 0.29) is 23.9 Å². The molecule has 4 nitrogen and oxygen atoms in total. The fourth-order valence-electron chi connectivity index (χ4n) is 1.70. The molecule has 1 heterocycles. The van der Waals surface area contributed by atoms with Gasteiger partial charge in [0.1, 0.15) is 0 Å². The number of nitrogens with one attached hydrogen (secondary N) is 1. The van der Waals surface area contributed by atoms with E-state index in [1.54, 1.807) is 0 Å². The van der Waals surface area contributed by atoms with Gasteiger partial charge in [-0.15, -0.1) is 12.4 Å². The summed E-state index contributed by atoms with van der Waals surface area (Å²) >= 11 is 0. The molecule has 0 aromatic rings. The lowest BCUT2D eigenvalue weighted by Crippen LogP contribution is -2.60. The van der Waals surface area contributed by atoms with Gasteiger partial charge in [-0.3, -0.25) is 4.79 Å². The molecule has 0 unspecified atom stereocenters. The van der Waals surface area contributed by atoms with Crippen LogP contribution in [0.15, 0.2) is 0 Å². The minimum absolute atomic E-state index is 0. The van der Waals surface area contributed by atoms with Crippen LogP contribution in [-0.4, -0.2) is 42.5 Å². The van der Waals surface area contributed by atoms with Crippen LogP contribution < -0.4 is 11.1 Å². The Hall–Kier alpha value is -0.320. The lowest BCUT2D eigenvalue weighted by Gasteiger charge is -2.42. The molecule has 84 valence electrons. The van der Waals surface area contributed by atoms with E-state index in [4.69, 9.17) is 5.73 Å². The third kappa shape index (κ3) is 3.12. The van der Waals surface area contributed by atoms with Gasteiger partial charge in [0.15, 0.2) is 0 Å². The SMILES string of the molecule is CC1(C)CNCCN1C(=O)CCN.Cl. The highest BCUT2D eigenvalue weighted by Gasteiger charge is 2.32. The van der Waals surface area contributed by atoms with Gasteiger partial charge in [-0.25, -0.2) is 0 Å². The van der Waals surface area contributed by atoms with Gasteiger partial charge in [-0.2, -0.15) is 0 Å². The molecule has 1 aliphatic heterocycles. The molecular formula is C9H20ClN3O. The van der Waals surface area contributed by atoms with Crippen molar-refractivity contribution in [1.82, 2.24) is 10.2 Å². The number of hydrogen-bond acceptors (Lipinski definition) is 3. The van der Waals surface area contributed by atoms with Crippen LogP contribution in [0.5, 0.6) is 0 Å². The maximum Gasteiger partial charge on any atom is 0.224 e. The van der Waals surface area contributed by atoms with Crippen LogP contribution in [0, 0.1) is 0 Å². The number of halogens is 1. The van der Waals surface area contributed by atoms with Crippen molar-refractivity contribution in [2.75, 3.05) is 26.2 Å². The van der Waals surface area contributed by atoms with E-state index in [1.807, 2.05) is 4.90 Å². The van der Waals surface area contributed by atoms with Gasteiger partial charge in [-0.1, -0.05) is 0 Å². The highest BCUT2D eigenvalue weighted by atomic mass is 35.5.